The molecule has 22 heavy (non-hydrogen) atoms. The molecule has 0 saturated carbocycles. The van der Waals surface area contributed by atoms with E-state index in [0.29, 0.717) is 30.2 Å². The van der Waals surface area contributed by atoms with Crippen molar-refractivity contribution in [2.45, 2.75) is 39.0 Å². The van der Waals surface area contributed by atoms with Gasteiger partial charge in [0.15, 0.2) is 11.5 Å². The van der Waals surface area contributed by atoms with Gasteiger partial charge in [-0.1, -0.05) is 19.6 Å². The normalized spacial score (nSPS) is 12.2. The highest BCUT2D eigenvalue weighted by Crippen LogP contribution is 2.11. The molecule has 122 valence electrons. The molecule has 2 rings (SSSR count). The molecular formula is C14H24N4O3Si. The summed E-state index contributed by atoms with van der Waals surface area (Å²) in [4.78, 5) is 20.9. The summed E-state index contributed by atoms with van der Waals surface area (Å²) in [7, 11) is 2.16. The van der Waals surface area contributed by atoms with Crippen LogP contribution in [0, 0.1) is 0 Å². The average Bonchev–Trinajstić information content (AvgIpc) is 2.67. The Morgan fingerprint density at radius 3 is 2.68 bits per heavy atom. The second-order valence-electron chi connectivity index (χ2n) is 6.55. The average molecular weight is 324 g/mol. The molecule has 0 aromatic carbocycles. The van der Waals surface area contributed by atoms with Crippen molar-refractivity contribution in [2.24, 2.45) is 7.05 Å². The first kappa shape index (κ1) is 16.9. The molecule has 8 heteroatoms. The second kappa shape index (κ2) is 6.72. The van der Waals surface area contributed by atoms with Crippen LogP contribution in [-0.4, -0.2) is 40.9 Å². The summed E-state index contributed by atoms with van der Waals surface area (Å²) in [5.41, 5.74) is 1.13. The smallest absolute Gasteiger partial charge is 0.332 e. The number of aryl methyl sites for hydroxylation is 1. The first-order valence-corrected chi connectivity index (χ1v) is 11.0. The van der Waals surface area contributed by atoms with Gasteiger partial charge in [-0.3, -0.25) is 9.13 Å². The fourth-order valence-corrected chi connectivity index (χ4v) is 2.83. The zero-order valence-electron chi connectivity index (χ0n) is 13.9. The Bertz CT molecular complexity index is 702. The lowest BCUT2D eigenvalue weighted by Gasteiger charge is -2.15. The van der Waals surface area contributed by atoms with Crippen molar-refractivity contribution in [2.75, 3.05) is 13.7 Å². The highest BCUT2D eigenvalue weighted by atomic mass is 28.3. The minimum absolute atomic E-state index is 0.146. The minimum Gasteiger partial charge on any atom is -0.377 e. The summed E-state index contributed by atoms with van der Waals surface area (Å²) in [6.07, 6.45) is 1.65. The third-order valence-corrected chi connectivity index (χ3v) is 5.12. The zero-order chi connectivity index (χ0) is 16.3. The van der Waals surface area contributed by atoms with E-state index in [1.165, 1.54) is 4.57 Å². The molecule has 0 unspecified atom stereocenters. The fraction of sp³-hybridized carbons (Fsp3) is 0.643. The summed E-state index contributed by atoms with van der Waals surface area (Å²) in [6, 6.07) is 1.07. The van der Waals surface area contributed by atoms with Crippen LogP contribution in [0.4, 0.5) is 0 Å². The van der Waals surface area contributed by atoms with Crippen molar-refractivity contribution in [3.63, 3.8) is 0 Å². The van der Waals surface area contributed by atoms with Crippen LogP contribution in [0.3, 0.4) is 0 Å². The summed E-state index contributed by atoms with van der Waals surface area (Å²) in [5, 5.41) is 0. The molecule has 0 amide bonds. The molecule has 2 heterocycles. The third kappa shape index (κ3) is 3.82. The number of rotatable bonds is 7. The van der Waals surface area contributed by atoms with E-state index in [-0.39, 0.29) is 12.4 Å². The molecule has 7 nitrogen and oxygen atoms in total. The van der Waals surface area contributed by atoms with Gasteiger partial charge < -0.3 is 9.47 Å². The van der Waals surface area contributed by atoms with Gasteiger partial charge in [0, 0.05) is 28.8 Å². The van der Waals surface area contributed by atoms with Crippen LogP contribution in [0.15, 0.2) is 11.0 Å². The predicted octanol–water partition coefficient (Wildman–Crippen LogP) is 1.59. The number of hydrogen-bond donors (Lipinski definition) is 0. The summed E-state index contributed by atoms with van der Waals surface area (Å²) >= 11 is 0. The number of ether oxygens (including phenoxy) is 2. The van der Waals surface area contributed by atoms with E-state index in [0.717, 1.165) is 6.04 Å². The van der Waals surface area contributed by atoms with E-state index >= 15 is 0 Å². The Labute approximate surface area is 130 Å². The van der Waals surface area contributed by atoms with Gasteiger partial charge in [-0.2, -0.15) is 0 Å². The largest absolute Gasteiger partial charge is 0.377 e. The van der Waals surface area contributed by atoms with Crippen LogP contribution in [0.25, 0.3) is 11.2 Å². The number of aromatic nitrogens is 4. The number of imidazole rings is 1. The standard InChI is InChI=1S/C14H24N4O3Si/c1-17-13-11(8-15-12(16-13)9-20-2)18(14(17)19)10-21-6-7-22(3,4)5/h8H,6-7,9-10H2,1-5H3. The lowest BCUT2D eigenvalue weighted by Crippen LogP contribution is -2.25. The molecule has 0 atom stereocenters. The van der Waals surface area contributed by atoms with Crippen LogP contribution in [0.1, 0.15) is 5.82 Å². The lowest BCUT2D eigenvalue weighted by atomic mass is 10.5. The first-order chi connectivity index (χ1) is 10.3. The number of nitrogens with zero attached hydrogens (tertiary/aromatic N) is 4. The molecule has 0 aliphatic carbocycles. The molecule has 0 bridgehead atoms. The van der Waals surface area contributed by atoms with Crippen LogP contribution >= 0.6 is 0 Å². The van der Waals surface area contributed by atoms with Gasteiger partial charge in [-0.05, 0) is 6.04 Å². The molecule has 2 aromatic heterocycles. The van der Waals surface area contributed by atoms with Gasteiger partial charge in [0.25, 0.3) is 0 Å². The molecule has 0 spiro atoms. The SMILES string of the molecule is COCc1ncc2c(n1)n(C)c(=O)n2COCC[Si](C)(C)C. The van der Waals surface area contributed by atoms with Crippen LogP contribution in [-0.2, 0) is 29.9 Å². The van der Waals surface area contributed by atoms with Gasteiger partial charge in [0.2, 0.25) is 0 Å². The maximum Gasteiger partial charge on any atom is 0.332 e. The lowest BCUT2D eigenvalue weighted by molar-refractivity contribution is 0.0872. The van der Waals surface area contributed by atoms with Crippen LogP contribution in [0.2, 0.25) is 25.7 Å². The van der Waals surface area contributed by atoms with Crippen molar-refractivity contribution in [1.82, 2.24) is 19.1 Å². The monoisotopic (exact) mass is 324 g/mol. The highest BCUT2D eigenvalue weighted by Gasteiger charge is 2.15. The number of hydrogen-bond acceptors (Lipinski definition) is 5. The Kier molecular flexibility index (Phi) is 5.15. The molecule has 0 N–H and O–H groups in total. The third-order valence-electron chi connectivity index (χ3n) is 3.42. The van der Waals surface area contributed by atoms with Crippen molar-refractivity contribution < 1.29 is 9.47 Å². The maximum absolute atomic E-state index is 12.3. The van der Waals surface area contributed by atoms with Gasteiger partial charge in [-0.15, -0.1) is 0 Å². The van der Waals surface area contributed by atoms with Gasteiger partial charge in [0.1, 0.15) is 18.9 Å². The Morgan fingerprint density at radius 1 is 1.32 bits per heavy atom. The maximum atomic E-state index is 12.3. The van der Waals surface area contributed by atoms with Crippen LogP contribution < -0.4 is 5.69 Å². The molecule has 0 radical (unpaired) electrons. The van der Waals surface area contributed by atoms with Gasteiger partial charge >= 0.3 is 5.69 Å². The quantitative estimate of drug-likeness (QED) is 0.571. The van der Waals surface area contributed by atoms with E-state index in [2.05, 4.69) is 29.6 Å². The van der Waals surface area contributed by atoms with E-state index in [4.69, 9.17) is 9.47 Å². The predicted molar refractivity (Wildman–Crippen MR) is 87.6 cm³/mol. The topological polar surface area (TPSA) is 71.2 Å². The molecule has 0 aliphatic rings. The fourth-order valence-electron chi connectivity index (χ4n) is 2.07. The molecule has 0 fully saturated rings. The zero-order valence-corrected chi connectivity index (χ0v) is 14.9. The Balaban J connectivity index is 2.19. The van der Waals surface area contributed by atoms with E-state index in [1.807, 2.05) is 0 Å². The second-order valence-corrected chi connectivity index (χ2v) is 12.2. The number of methoxy groups -OCH3 is 1. The molecule has 0 aliphatic heterocycles. The molecule has 0 saturated heterocycles. The minimum atomic E-state index is -1.13. The summed E-state index contributed by atoms with van der Waals surface area (Å²) in [6.45, 7) is 8.11. The van der Waals surface area contributed by atoms with E-state index < -0.39 is 8.07 Å². The van der Waals surface area contributed by atoms with E-state index in [9.17, 15) is 4.79 Å². The van der Waals surface area contributed by atoms with E-state index in [1.54, 1.807) is 24.9 Å². The Morgan fingerprint density at radius 2 is 2.05 bits per heavy atom. The van der Waals surface area contributed by atoms with Crippen molar-refractivity contribution >= 4 is 19.2 Å². The summed E-state index contributed by atoms with van der Waals surface area (Å²) < 4.78 is 13.8. The first-order valence-electron chi connectivity index (χ1n) is 7.31. The molecular weight excluding hydrogens is 300 g/mol. The highest BCUT2D eigenvalue weighted by molar-refractivity contribution is 6.76. The molecule has 2 aromatic rings. The number of fused-ring (bicyclic) bond motifs is 1. The van der Waals surface area contributed by atoms with Crippen molar-refractivity contribution in [3.05, 3.63) is 22.5 Å². The van der Waals surface area contributed by atoms with Crippen LogP contribution in [0.5, 0.6) is 0 Å². The van der Waals surface area contributed by atoms with Crippen molar-refractivity contribution in [3.8, 4) is 0 Å². The van der Waals surface area contributed by atoms with Gasteiger partial charge in [-0.25, -0.2) is 14.8 Å². The van der Waals surface area contributed by atoms with Crippen molar-refractivity contribution in [1.29, 1.82) is 0 Å². The Hall–Kier alpha value is -1.51. The summed E-state index contributed by atoms with van der Waals surface area (Å²) in [5.74, 6) is 0.558. The van der Waals surface area contributed by atoms with Gasteiger partial charge in [0.05, 0.1) is 6.20 Å².